The molecule has 5 aromatic rings. The molecular formula is C32H24Cl2N2O3. The molecular weight excluding hydrogens is 531 g/mol. The number of ketones is 1. The Morgan fingerprint density at radius 2 is 1.69 bits per heavy atom. The second-order valence-corrected chi connectivity index (χ2v) is 10.8. The summed E-state index contributed by atoms with van der Waals surface area (Å²) in [5, 5.41) is 11.2. The lowest BCUT2D eigenvalue weighted by atomic mass is 9.86. The molecule has 2 N–H and O–H groups in total. The fourth-order valence-electron chi connectivity index (χ4n) is 5.27. The predicted molar refractivity (Wildman–Crippen MR) is 155 cm³/mol. The number of hydrogen-bond acceptors (Lipinski definition) is 3. The molecule has 7 heteroatoms. The maximum Gasteiger partial charge on any atom is 0.336 e. The molecule has 194 valence electrons. The highest BCUT2D eigenvalue weighted by Crippen LogP contribution is 2.45. The van der Waals surface area contributed by atoms with E-state index in [1.165, 1.54) is 6.07 Å². The van der Waals surface area contributed by atoms with E-state index in [0.717, 1.165) is 29.4 Å². The van der Waals surface area contributed by atoms with E-state index in [2.05, 4.69) is 4.98 Å². The molecule has 1 unspecified atom stereocenters. The van der Waals surface area contributed by atoms with Gasteiger partial charge in [0.2, 0.25) is 0 Å². The number of halogens is 2. The summed E-state index contributed by atoms with van der Waals surface area (Å²) in [5.74, 6) is -0.117. The summed E-state index contributed by atoms with van der Waals surface area (Å²) in [6, 6.07) is 25.5. The largest absolute Gasteiger partial charge is 0.478 e. The fourth-order valence-corrected chi connectivity index (χ4v) is 5.67. The van der Waals surface area contributed by atoms with Crippen molar-refractivity contribution >= 4 is 46.0 Å². The lowest BCUT2D eigenvalue weighted by Crippen LogP contribution is -2.11. The molecule has 0 bridgehead atoms. The smallest absolute Gasteiger partial charge is 0.336 e. The third-order valence-electron chi connectivity index (χ3n) is 7.39. The zero-order valence-electron chi connectivity index (χ0n) is 20.8. The topological polar surface area (TPSA) is 83.0 Å². The summed E-state index contributed by atoms with van der Waals surface area (Å²) in [4.78, 5) is 33.9. The van der Waals surface area contributed by atoms with Crippen molar-refractivity contribution in [2.75, 3.05) is 0 Å². The average Bonchev–Trinajstić information content (AvgIpc) is 3.69. The summed E-state index contributed by atoms with van der Waals surface area (Å²) >= 11 is 12.7. The van der Waals surface area contributed by atoms with E-state index < -0.39 is 5.97 Å². The molecule has 6 rings (SSSR count). The first-order valence-electron chi connectivity index (χ1n) is 12.8. The van der Waals surface area contributed by atoms with Gasteiger partial charge in [-0.3, -0.25) is 4.79 Å². The monoisotopic (exact) mass is 554 g/mol. The first kappa shape index (κ1) is 25.4. The molecule has 1 atom stereocenters. The molecule has 1 saturated carbocycles. The summed E-state index contributed by atoms with van der Waals surface area (Å²) in [6.07, 6.45) is 2.47. The first-order chi connectivity index (χ1) is 18.9. The van der Waals surface area contributed by atoms with Crippen molar-refractivity contribution in [3.05, 3.63) is 112 Å². The second kappa shape index (κ2) is 10.3. The highest BCUT2D eigenvalue weighted by molar-refractivity contribution is 6.34. The number of imidazole rings is 1. The van der Waals surface area contributed by atoms with Gasteiger partial charge in [-0.05, 0) is 72.2 Å². The molecule has 4 aromatic carbocycles. The summed E-state index contributed by atoms with van der Waals surface area (Å²) < 4.78 is 0. The average molecular weight is 555 g/mol. The molecule has 0 saturated heterocycles. The van der Waals surface area contributed by atoms with E-state index in [9.17, 15) is 14.7 Å². The van der Waals surface area contributed by atoms with Crippen LogP contribution in [0.15, 0.2) is 84.9 Å². The number of nitrogens with zero attached hydrogens (tertiary/aromatic N) is 1. The van der Waals surface area contributed by atoms with Gasteiger partial charge in [-0.25, -0.2) is 9.78 Å². The van der Waals surface area contributed by atoms with Crippen molar-refractivity contribution in [3.63, 3.8) is 0 Å². The second-order valence-electron chi connectivity index (χ2n) is 9.95. The van der Waals surface area contributed by atoms with E-state index >= 15 is 0 Å². The van der Waals surface area contributed by atoms with Gasteiger partial charge in [0.1, 0.15) is 5.82 Å². The lowest BCUT2D eigenvalue weighted by molar-refractivity contribution is 0.0697. The zero-order valence-corrected chi connectivity index (χ0v) is 22.3. The van der Waals surface area contributed by atoms with Gasteiger partial charge in [0.05, 0.1) is 16.6 Å². The number of carbonyl (C=O) groups excluding carboxylic acids is 1. The van der Waals surface area contributed by atoms with E-state index in [0.29, 0.717) is 50.5 Å². The molecule has 1 aliphatic rings. The molecule has 0 spiro atoms. The Morgan fingerprint density at radius 3 is 2.41 bits per heavy atom. The van der Waals surface area contributed by atoms with Gasteiger partial charge in [-0.1, -0.05) is 71.7 Å². The van der Waals surface area contributed by atoms with Gasteiger partial charge in [0.15, 0.2) is 5.78 Å². The molecule has 0 radical (unpaired) electrons. The number of hydrogen-bond donors (Lipinski definition) is 2. The fraction of sp³-hybridized carbons (Fsp3) is 0.156. The Bertz CT molecular complexity index is 1690. The minimum Gasteiger partial charge on any atom is -0.478 e. The third-order valence-corrected chi connectivity index (χ3v) is 7.96. The van der Waals surface area contributed by atoms with Crippen LogP contribution in [0.3, 0.4) is 0 Å². The van der Waals surface area contributed by atoms with Crippen LogP contribution in [0.2, 0.25) is 10.0 Å². The van der Waals surface area contributed by atoms with Crippen molar-refractivity contribution in [1.29, 1.82) is 0 Å². The zero-order chi connectivity index (χ0) is 27.1. The molecule has 1 aromatic heterocycles. The molecule has 39 heavy (non-hydrogen) atoms. The van der Waals surface area contributed by atoms with E-state index in [1.54, 1.807) is 18.2 Å². The lowest BCUT2D eigenvalue weighted by Gasteiger charge is -2.17. The number of carboxylic acids is 1. The van der Waals surface area contributed by atoms with Gasteiger partial charge >= 0.3 is 5.97 Å². The van der Waals surface area contributed by atoms with Crippen LogP contribution in [0, 0.1) is 5.92 Å². The molecule has 1 aliphatic carbocycles. The van der Waals surface area contributed by atoms with Crippen molar-refractivity contribution in [2.24, 2.45) is 5.92 Å². The van der Waals surface area contributed by atoms with Crippen LogP contribution in [-0.4, -0.2) is 26.8 Å². The summed E-state index contributed by atoms with van der Waals surface area (Å²) in [7, 11) is 0. The molecule has 1 fully saturated rings. The van der Waals surface area contributed by atoms with Crippen LogP contribution < -0.4 is 0 Å². The third kappa shape index (κ3) is 5.08. The number of aromatic amines is 1. The normalized spacial score (nSPS) is 13.9. The number of rotatable bonds is 8. The number of aromatic carboxylic acids is 1. The van der Waals surface area contributed by atoms with Crippen LogP contribution in [0.4, 0.5) is 0 Å². The van der Waals surface area contributed by atoms with Crippen LogP contribution in [0.1, 0.15) is 51.5 Å². The molecule has 0 amide bonds. The van der Waals surface area contributed by atoms with Crippen molar-refractivity contribution < 1.29 is 14.7 Å². The Kier molecular flexibility index (Phi) is 6.71. The van der Waals surface area contributed by atoms with Gasteiger partial charge in [0.25, 0.3) is 0 Å². The number of Topliss-reactive ketones (excluding diaryl/α,β-unsaturated/α-hetero) is 1. The van der Waals surface area contributed by atoms with Gasteiger partial charge in [-0.15, -0.1) is 0 Å². The predicted octanol–water partition coefficient (Wildman–Crippen LogP) is 8.67. The van der Waals surface area contributed by atoms with Crippen LogP contribution >= 0.6 is 23.2 Å². The standard InChI is InChI=1S/C32H24Cl2N2O3/c33-21-13-10-19(11-14-21)24(18-8-9-18)17-29(37)20-12-15-22(25(16-20)32(38)39)30-23(4-3-5-26(30)34)31-35-27-6-1-2-7-28(27)36-31/h1-7,10-16,18,24H,8-9,17H2,(H,35,36)(H,38,39). The van der Waals surface area contributed by atoms with Crippen LogP contribution in [-0.2, 0) is 0 Å². The molecule has 0 aliphatic heterocycles. The van der Waals surface area contributed by atoms with E-state index in [1.807, 2.05) is 60.7 Å². The van der Waals surface area contributed by atoms with Gasteiger partial charge in [0, 0.05) is 33.2 Å². The highest BCUT2D eigenvalue weighted by Gasteiger charge is 2.34. The minimum atomic E-state index is -1.13. The number of carboxylic acid groups (broad SMARTS) is 1. The number of fused-ring (bicyclic) bond motifs is 1. The molecule has 5 nitrogen and oxygen atoms in total. The van der Waals surface area contributed by atoms with Gasteiger partial charge in [-0.2, -0.15) is 0 Å². The van der Waals surface area contributed by atoms with Crippen LogP contribution in [0.25, 0.3) is 33.5 Å². The minimum absolute atomic E-state index is 0.0146. The number of carbonyl (C=O) groups is 2. The van der Waals surface area contributed by atoms with Crippen molar-refractivity contribution in [2.45, 2.75) is 25.2 Å². The van der Waals surface area contributed by atoms with E-state index in [-0.39, 0.29) is 17.3 Å². The van der Waals surface area contributed by atoms with Gasteiger partial charge < -0.3 is 10.1 Å². The number of para-hydroxylation sites is 2. The van der Waals surface area contributed by atoms with Crippen LogP contribution in [0.5, 0.6) is 0 Å². The van der Waals surface area contributed by atoms with E-state index in [4.69, 9.17) is 28.2 Å². The SMILES string of the molecule is O=C(CC(c1ccc(Cl)cc1)C1CC1)c1ccc(-c2c(Cl)cccc2-c2nc3ccccc3[nH]2)c(C(=O)O)c1. The number of aromatic nitrogens is 2. The number of nitrogens with one attached hydrogen (secondary N) is 1. The Hall–Kier alpha value is -3.93. The number of benzene rings is 4. The molecule has 1 heterocycles. The van der Waals surface area contributed by atoms with Crippen molar-refractivity contribution in [3.8, 4) is 22.5 Å². The maximum atomic E-state index is 13.4. The first-order valence-corrected chi connectivity index (χ1v) is 13.5. The Labute approximate surface area is 235 Å². The summed E-state index contributed by atoms with van der Waals surface area (Å²) in [6.45, 7) is 0. The van der Waals surface area contributed by atoms with Crippen molar-refractivity contribution in [1.82, 2.24) is 9.97 Å². The number of H-pyrrole nitrogens is 1. The quantitative estimate of drug-likeness (QED) is 0.188. The maximum absolute atomic E-state index is 13.4. The Morgan fingerprint density at radius 1 is 0.923 bits per heavy atom. The Balaban J connectivity index is 1.38. The highest BCUT2D eigenvalue weighted by atomic mass is 35.5. The summed E-state index contributed by atoms with van der Waals surface area (Å²) in [5.41, 5.74) is 4.78.